The van der Waals surface area contributed by atoms with Gasteiger partial charge in [-0.1, -0.05) is 19.3 Å². The topological polar surface area (TPSA) is 108 Å². The molecule has 7 nitrogen and oxygen atoms in total. The van der Waals surface area contributed by atoms with Crippen molar-refractivity contribution in [3.05, 3.63) is 23.8 Å². The Morgan fingerprint density at radius 3 is 2.58 bits per heavy atom. The van der Waals surface area contributed by atoms with E-state index in [1.807, 2.05) is 0 Å². The van der Waals surface area contributed by atoms with Crippen LogP contribution in [0.4, 0.5) is 5.69 Å². The van der Waals surface area contributed by atoms with Crippen LogP contribution in [0.25, 0.3) is 0 Å². The first kappa shape index (κ1) is 18.7. The normalized spacial score (nSPS) is 15.9. The molecule has 1 aliphatic rings. The molecule has 24 heavy (non-hydrogen) atoms. The largest absolute Gasteiger partial charge is 0.395 e. The number of carbonyl (C=O) groups is 1. The van der Waals surface area contributed by atoms with Crippen LogP contribution in [-0.2, 0) is 10.0 Å². The van der Waals surface area contributed by atoms with Crippen LogP contribution >= 0.6 is 0 Å². The van der Waals surface area contributed by atoms with E-state index in [1.165, 1.54) is 25.6 Å². The van der Waals surface area contributed by atoms with Gasteiger partial charge in [0.25, 0.3) is 5.91 Å². The summed E-state index contributed by atoms with van der Waals surface area (Å²) in [6.07, 6.45) is 5.59. The summed E-state index contributed by atoms with van der Waals surface area (Å²) in [5.41, 5.74) is 0.887. The number of sulfonamides is 1. The molecule has 1 fully saturated rings. The lowest BCUT2D eigenvalue weighted by Crippen LogP contribution is -2.29. The predicted molar refractivity (Wildman–Crippen MR) is 92.6 cm³/mol. The first-order valence-electron chi connectivity index (χ1n) is 8.21. The molecule has 1 saturated carbocycles. The predicted octanol–water partition coefficient (Wildman–Crippen LogP) is 1.06. The van der Waals surface area contributed by atoms with Gasteiger partial charge < -0.3 is 15.7 Å². The number of aliphatic hydroxyl groups is 1. The standard InChI is InChI=1S/C16H25N3O4S/c1-17-24(22,23)13-7-8-15(19-12-5-3-2-4-6-12)14(11-13)16(21)18-9-10-20/h7-8,11-12,17,19-20H,2-6,9-10H2,1H3,(H,18,21). The SMILES string of the molecule is CNS(=O)(=O)c1ccc(NC2CCCCC2)c(C(=O)NCCO)c1. The third kappa shape index (κ3) is 4.68. The summed E-state index contributed by atoms with van der Waals surface area (Å²) in [5, 5.41) is 14.8. The van der Waals surface area contributed by atoms with Gasteiger partial charge in [0.1, 0.15) is 0 Å². The fourth-order valence-electron chi connectivity index (χ4n) is 2.85. The van der Waals surface area contributed by atoms with E-state index in [0.717, 1.165) is 25.7 Å². The Balaban J connectivity index is 2.31. The lowest BCUT2D eigenvalue weighted by atomic mass is 9.95. The Kier molecular flexibility index (Phi) is 6.59. The van der Waals surface area contributed by atoms with Gasteiger partial charge in [-0.2, -0.15) is 0 Å². The van der Waals surface area contributed by atoms with Crippen molar-refractivity contribution in [2.24, 2.45) is 0 Å². The van der Waals surface area contributed by atoms with Crippen molar-refractivity contribution in [1.29, 1.82) is 0 Å². The Labute approximate surface area is 142 Å². The van der Waals surface area contributed by atoms with E-state index < -0.39 is 15.9 Å². The first-order valence-corrected chi connectivity index (χ1v) is 9.69. The van der Waals surface area contributed by atoms with E-state index in [0.29, 0.717) is 5.69 Å². The molecule has 0 unspecified atom stereocenters. The van der Waals surface area contributed by atoms with Crippen molar-refractivity contribution < 1.29 is 18.3 Å². The van der Waals surface area contributed by atoms with Gasteiger partial charge in [0.15, 0.2) is 0 Å². The number of carbonyl (C=O) groups excluding carboxylic acids is 1. The zero-order valence-electron chi connectivity index (χ0n) is 13.8. The van der Waals surface area contributed by atoms with Crippen molar-refractivity contribution in [3.8, 4) is 0 Å². The molecule has 2 rings (SSSR count). The van der Waals surface area contributed by atoms with Gasteiger partial charge >= 0.3 is 0 Å². The maximum Gasteiger partial charge on any atom is 0.253 e. The smallest absolute Gasteiger partial charge is 0.253 e. The highest BCUT2D eigenvalue weighted by molar-refractivity contribution is 7.89. The summed E-state index contributed by atoms with van der Waals surface area (Å²) < 4.78 is 26.2. The second-order valence-electron chi connectivity index (χ2n) is 5.87. The van der Waals surface area contributed by atoms with Gasteiger partial charge in [0.05, 0.1) is 17.1 Å². The number of aliphatic hydroxyl groups excluding tert-OH is 1. The second-order valence-corrected chi connectivity index (χ2v) is 7.76. The molecule has 0 aromatic heterocycles. The van der Waals surface area contributed by atoms with Crippen LogP contribution in [0.5, 0.6) is 0 Å². The van der Waals surface area contributed by atoms with Gasteiger partial charge in [-0.05, 0) is 38.1 Å². The molecule has 4 N–H and O–H groups in total. The molecular formula is C16H25N3O4S. The Morgan fingerprint density at radius 2 is 1.96 bits per heavy atom. The molecule has 0 heterocycles. The molecular weight excluding hydrogens is 330 g/mol. The average molecular weight is 355 g/mol. The number of hydrogen-bond acceptors (Lipinski definition) is 5. The molecule has 0 atom stereocenters. The molecule has 1 amide bonds. The van der Waals surface area contributed by atoms with E-state index in [4.69, 9.17) is 5.11 Å². The van der Waals surface area contributed by atoms with E-state index >= 15 is 0 Å². The molecule has 0 spiro atoms. The molecule has 1 aromatic rings. The highest BCUT2D eigenvalue weighted by Gasteiger charge is 2.20. The lowest BCUT2D eigenvalue weighted by molar-refractivity contribution is 0.0945. The maximum atomic E-state index is 12.4. The maximum absolute atomic E-state index is 12.4. The van der Waals surface area contributed by atoms with E-state index in [-0.39, 0.29) is 29.7 Å². The molecule has 0 bridgehead atoms. The molecule has 1 aromatic carbocycles. The van der Waals surface area contributed by atoms with Gasteiger partial charge in [-0.15, -0.1) is 0 Å². The van der Waals surface area contributed by atoms with Crippen LogP contribution in [0.3, 0.4) is 0 Å². The van der Waals surface area contributed by atoms with Crippen LogP contribution in [0, 0.1) is 0 Å². The third-order valence-corrected chi connectivity index (χ3v) is 5.59. The van der Waals surface area contributed by atoms with Crippen molar-refractivity contribution in [2.45, 2.75) is 43.0 Å². The summed E-state index contributed by atoms with van der Waals surface area (Å²) in [5.74, 6) is -0.407. The number of anilines is 1. The molecule has 8 heteroatoms. The summed E-state index contributed by atoms with van der Waals surface area (Å²) in [4.78, 5) is 12.4. The highest BCUT2D eigenvalue weighted by atomic mass is 32.2. The quantitative estimate of drug-likeness (QED) is 0.585. The Morgan fingerprint density at radius 1 is 1.25 bits per heavy atom. The zero-order valence-corrected chi connectivity index (χ0v) is 14.7. The Bertz CT molecular complexity index is 670. The van der Waals surface area contributed by atoms with Crippen LogP contribution in [-0.4, -0.2) is 45.7 Å². The van der Waals surface area contributed by atoms with Crippen LogP contribution in [0.15, 0.2) is 23.1 Å². The van der Waals surface area contributed by atoms with Gasteiger partial charge in [0, 0.05) is 18.3 Å². The van der Waals surface area contributed by atoms with E-state index in [2.05, 4.69) is 15.4 Å². The van der Waals surface area contributed by atoms with Crippen molar-refractivity contribution in [3.63, 3.8) is 0 Å². The molecule has 134 valence electrons. The monoisotopic (exact) mass is 355 g/mol. The summed E-state index contributed by atoms with van der Waals surface area (Å²) in [7, 11) is -2.30. The summed E-state index contributed by atoms with van der Waals surface area (Å²) in [6, 6.07) is 4.77. The third-order valence-electron chi connectivity index (χ3n) is 4.18. The van der Waals surface area contributed by atoms with Crippen LogP contribution in [0.1, 0.15) is 42.5 Å². The molecule has 0 radical (unpaired) electrons. The van der Waals surface area contributed by atoms with Crippen molar-refractivity contribution in [1.82, 2.24) is 10.0 Å². The van der Waals surface area contributed by atoms with Gasteiger partial charge in [0.2, 0.25) is 10.0 Å². The first-order chi connectivity index (χ1) is 11.5. The summed E-state index contributed by atoms with van der Waals surface area (Å²) >= 11 is 0. The number of rotatable bonds is 7. The number of nitrogens with one attached hydrogen (secondary N) is 3. The summed E-state index contributed by atoms with van der Waals surface area (Å²) in [6.45, 7) is -0.0592. The van der Waals surface area contributed by atoms with Crippen LogP contribution < -0.4 is 15.4 Å². The van der Waals surface area contributed by atoms with Crippen molar-refractivity contribution in [2.75, 3.05) is 25.5 Å². The van der Waals surface area contributed by atoms with Crippen molar-refractivity contribution >= 4 is 21.6 Å². The zero-order chi connectivity index (χ0) is 17.6. The second kappa shape index (κ2) is 8.46. The number of hydrogen-bond donors (Lipinski definition) is 4. The lowest BCUT2D eigenvalue weighted by Gasteiger charge is -2.25. The van der Waals surface area contributed by atoms with E-state index in [9.17, 15) is 13.2 Å². The molecule has 0 saturated heterocycles. The molecule has 0 aliphatic heterocycles. The average Bonchev–Trinajstić information content (AvgIpc) is 2.60. The van der Waals surface area contributed by atoms with Gasteiger partial charge in [-0.25, -0.2) is 13.1 Å². The number of benzene rings is 1. The highest BCUT2D eigenvalue weighted by Crippen LogP contribution is 2.26. The van der Waals surface area contributed by atoms with Gasteiger partial charge in [-0.3, -0.25) is 4.79 Å². The minimum absolute atomic E-state index is 0.0355. The number of amides is 1. The fraction of sp³-hybridized carbons (Fsp3) is 0.562. The molecule has 1 aliphatic carbocycles. The fourth-order valence-corrected chi connectivity index (χ4v) is 3.61. The Hall–Kier alpha value is -1.64. The minimum atomic E-state index is -3.63. The van der Waals surface area contributed by atoms with E-state index in [1.54, 1.807) is 6.07 Å². The minimum Gasteiger partial charge on any atom is -0.395 e. The van der Waals surface area contributed by atoms with Crippen LogP contribution in [0.2, 0.25) is 0 Å².